The van der Waals surface area contributed by atoms with E-state index in [0.717, 1.165) is 25.7 Å². The molecule has 0 heterocycles. The standard InChI is InChI=1S/C24H44O2Si3/c1-19(25-27(3,4)5)17-21-13-11-15-23(21)29(9,10)24-16-12-14-22(24)18-20(2)26-28(6,7)8/h13-16,19-20H,11-12,17-18H2,1-10H3. The van der Waals surface area contributed by atoms with E-state index < -0.39 is 24.7 Å². The van der Waals surface area contributed by atoms with Crippen molar-refractivity contribution in [3.05, 3.63) is 45.8 Å². The van der Waals surface area contributed by atoms with Gasteiger partial charge in [-0.3, -0.25) is 0 Å². The molecule has 0 fully saturated rings. The quantitative estimate of drug-likeness (QED) is 0.321. The van der Waals surface area contributed by atoms with Crippen molar-refractivity contribution in [2.24, 2.45) is 0 Å². The molecule has 2 atom stereocenters. The van der Waals surface area contributed by atoms with Gasteiger partial charge < -0.3 is 8.85 Å². The molecule has 0 radical (unpaired) electrons. The first-order chi connectivity index (χ1) is 13.2. The lowest BCUT2D eigenvalue weighted by Gasteiger charge is -2.33. The van der Waals surface area contributed by atoms with Gasteiger partial charge in [0.2, 0.25) is 0 Å². The van der Waals surface area contributed by atoms with Gasteiger partial charge in [-0.2, -0.15) is 0 Å². The van der Waals surface area contributed by atoms with Crippen LogP contribution in [0, 0.1) is 0 Å². The summed E-state index contributed by atoms with van der Waals surface area (Å²) in [4.78, 5) is 0. The van der Waals surface area contributed by atoms with Crippen molar-refractivity contribution in [1.82, 2.24) is 0 Å². The molecule has 0 bridgehead atoms. The SMILES string of the molecule is CC(CC1=CCC=C1[Si](C)(C)C1=CCC=C1CC(C)O[Si](C)(C)C)O[Si](C)(C)C. The van der Waals surface area contributed by atoms with E-state index in [2.05, 4.69) is 90.5 Å². The number of hydrogen-bond acceptors (Lipinski definition) is 2. The summed E-state index contributed by atoms with van der Waals surface area (Å²) in [7, 11) is -4.72. The minimum Gasteiger partial charge on any atom is -0.415 e. The molecule has 2 unspecified atom stereocenters. The molecule has 0 amide bonds. The first kappa shape index (κ1) is 24.8. The molecule has 0 aliphatic heterocycles. The summed E-state index contributed by atoms with van der Waals surface area (Å²) in [5.41, 5.74) is 3.09. The third kappa shape index (κ3) is 7.31. The van der Waals surface area contributed by atoms with Crippen molar-refractivity contribution in [3.63, 3.8) is 0 Å². The van der Waals surface area contributed by atoms with Crippen LogP contribution in [0.5, 0.6) is 0 Å². The second-order valence-electron chi connectivity index (χ2n) is 11.3. The zero-order valence-corrected chi connectivity index (χ0v) is 23.6. The first-order valence-corrected chi connectivity index (χ1v) is 21.2. The molecule has 0 saturated carbocycles. The third-order valence-electron chi connectivity index (χ3n) is 5.54. The van der Waals surface area contributed by atoms with Crippen LogP contribution in [0.3, 0.4) is 0 Å². The molecule has 0 N–H and O–H groups in total. The van der Waals surface area contributed by atoms with Gasteiger partial charge in [-0.1, -0.05) is 47.8 Å². The number of rotatable bonds is 10. The molecule has 5 heteroatoms. The molecule has 2 nitrogen and oxygen atoms in total. The molecule has 29 heavy (non-hydrogen) atoms. The predicted octanol–water partition coefficient (Wildman–Crippen LogP) is 7.55. The van der Waals surface area contributed by atoms with Crippen LogP contribution in [-0.4, -0.2) is 36.9 Å². The maximum Gasteiger partial charge on any atom is 0.184 e. The Balaban J connectivity index is 2.11. The second kappa shape index (κ2) is 9.35. The summed E-state index contributed by atoms with van der Waals surface area (Å²) >= 11 is 0. The Bertz CT molecular complexity index is 655. The largest absolute Gasteiger partial charge is 0.415 e. The molecule has 2 aliphatic rings. The Kier molecular flexibility index (Phi) is 7.99. The highest BCUT2D eigenvalue weighted by Crippen LogP contribution is 2.41. The fraction of sp³-hybridized carbons (Fsp3) is 0.667. The second-order valence-corrected chi connectivity index (χ2v) is 24.5. The van der Waals surface area contributed by atoms with Gasteiger partial charge in [0.1, 0.15) is 8.07 Å². The van der Waals surface area contributed by atoms with Crippen LogP contribution in [0.15, 0.2) is 45.8 Å². The topological polar surface area (TPSA) is 18.5 Å². The average Bonchev–Trinajstić information content (AvgIpc) is 3.12. The lowest BCUT2D eigenvalue weighted by atomic mass is 10.1. The molecule has 2 aliphatic carbocycles. The Hall–Kier alpha value is -0.469. The molecule has 164 valence electrons. The highest BCUT2D eigenvalue weighted by Gasteiger charge is 2.37. The Labute approximate surface area is 183 Å². The molecule has 0 aromatic heterocycles. The van der Waals surface area contributed by atoms with Crippen LogP contribution in [-0.2, 0) is 8.85 Å². The van der Waals surface area contributed by atoms with Gasteiger partial charge in [0.15, 0.2) is 16.6 Å². The average molecular weight is 449 g/mol. The van der Waals surface area contributed by atoms with Crippen LogP contribution in [0.4, 0.5) is 0 Å². The van der Waals surface area contributed by atoms with Crippen molar-refractivity contribution in [3.8, 4) is 0 Å². The van der Waals surface area contributed by atoms with Crippen molar-refractivity contribution < 1.29 is 8.85 Å². The summed E-state index contributed by atoms with van der Waals surface area (Å²) in [5, 5.41) is 3.28. The molecule has 0 spiro atoms. The monoisotopic (exact) mass is 448 g/mol. The van der Waals surface area contributed by atoms with Crippen molar-refractivity contribution in [2.75, 3.05) is 0 Å². The summed E-state index contributed by atoms with van der Waals surface area (Å²) in [6.07, 6.45) is 14.8. The zero-order chi connectivity index (χ0) is 22.0. The van der Waals surface area contributed by atoms with Crippen molar-refractivity contribution >= 4 is 24.7 Å². The van der Waals surface area contributed by atoms with Gasteiger partial charge in [-0.05, 0) is 90.0 Å². The van der Waals surface area contributed by atoms with Gasteiger partial charge >= 0.3 is 0 Å². The van der Waals surface area contributed by atoms with E-state index in [9.17, 15) is 0 Å². The van der Waals surface area contributed by atoms with Crippen LogP contribution >= 0.6 is 0 Å². The van der Waals surface area contributed by atoms with Gasteiger partial charge in [-0.25, -0.2) is 0 Å². The number of allylic oxidation sites excluding steroid dienone is 6. The van der Waals surface area contributed by atoms with Gasteiger partial charge in [0.05, 0.1) is 0 Å². The van der Waals surface area contributed by atoms with E-state index in [4.69, 9.17) is 8.85 Å². The molecule has 2 rings (SSSR count). The fourth-order valence-corrected chi connectivity index (χ4v) is 11.0. The lowest BCUT2D eigenvalue weighted by Crippen LogP contribution is -2.36. The maximum absolute atomic E-state index is 6.35. The minimum absolute atomic E-state index is 0.303. The van der Waals surface area contributed by atoms with E-state index in [1.807, 2.05) is 0 Å². The summed E-state index contributed by atoms with van der Waals surface area (Å²) in [5.74, 6) is 0. The maximum atomic E-state index is 6.35. The Morgan fingerprint density at radius 2 is 1.00 bits per heavy atom. The van der Waals surface area contributed by atoms with Crippen LogP contribution < -0.4 is 0 Å². The van der Waals surface area contributed by atoms with Crippen LogP contribution in [0.1, 0.15) is 39.5 Å². The normalized spacial score (nSPS) is 20.2. The summed E-state index contributed by atoms with van der Waals surface area (Å²) in [6, 6.07) is 0. The smallest absolute Gasteiger partial charge is 0.184 e. The minimum atomic E-state index is -1.72. The van der Waals surface area contributed by atoms with Crippen molar-refractivity contribution in [2.45, 2.75) is 104 Å². The van der Waals surface area contributed by atoms with Crippen molar-refractivity contribution in [1.29, 1.82) is 0 Å². The van der Waals surface area contributed by atoms with Gasteiger partial charge in [-0.15, -0.1) is 0 Å². The van der Waals surface area contributed by atoms with Crippen LogP contribution in [0.25, 0.3) is 0 Å². The van der Waals surface area contributed by atoms with E-state index in [0.29, 0.717) is 12.2 Å². The number of hydrogen-bond donors (Lipinski definition) is 0. The fourth-order valence-electron chi connectivity index (χ4n) is 4.87. The zero-order valence-electron chi connectivity index (χ0n) is 20.6. The van der Waals surface area contributed by atoms with E-state index in [1.54, 1.807) is 21.5 Å². The van der Waals surface area contributed by atoms with Crippen LogP contribution in [0.2, 0.25) is 52.4 Å². The Morgan fingerprint density at radius 1 is 0.655 bits per heavy atom. The highest BCUT2D eigenvalue weighted by molar-refractivity contribution is 6.92. The molecule has 0 aromatic carbocycles. The van der Waals surface area contributed by atoms with Gasteiger partial charge in [0, 0.05) is 12.2 Å². The highest BCUT2D eigenvalue weighted by atomic mass is 28.4. The third-order valence-corrected chi connectivity index (χ3v) is 11.5. The molecule has 0 saturated heterocycles. The molecular weight excluding hydrogens is 405 g/mol. The van der Waals surface area contributed by atoms with E-state index >= 15 is 0 Å². The molecule has 0 aromatic rings. The molecular formula is C24H44O2Si3. The van der Waals surface area contributed by atoms with E-state index in [-0.39, 0.29) is 0 Å². The summed E-state index contributed by atoms with van der Waals surface area (Å²) < 4.78 is 12.7. The first-order valence-electron chi connectivity index (χ1n) is 11.3. The van der Waals surface area contributed by atoms with E-state index in [1.165, 1.54) is 0 Å². The predicted molar refractivity (Wildman–Crippen MR) is 136 cm³/mol. The Morgan fingerprint density at radius 3 is 1.31 bits per heavy atom. The lowest BCUT2D eigenvalue weighted by molar-refractivity contribution is 0.215. The summed E-state index contributed by atoms with van der Waals surface area (Å²) in [6.45, 7) is 23.3. The van der Waals surface area contributed by atoms with Gasteiger partial charge in [0.25, 0.3) is 0 Å².